The molecule has 6 heteroatoms. The smallest absolute Gasteiger partial charge is 0.254 e. The minimum Gasteiger partial charge on any atom is -0.402 e. The second-order valence-corrected chi connectivity index (χ2v) is 6.67. The number of nitrogens with zero attached hydrogens (tertiary/aromatic N) is 2. The normalized spacial score (nSPS) is 14.8. The van der Waals surface area contributed by atoms with Crippen LogP contribution in [0.5, 0.6) is 0 Å². The molecule has 0 aromatic heterocycles. The van der Waals surface area contributed by atoms with Gasteiger partial charge in [0.25, 0.3) is 5.91 Å². The van der Waals surface area contributed by atoms with Crippen molar-refractivity contribution in [2.45, 2.75) is 13.0 Å². The molecule has 0 aliphatic carbocycles. The Morgan fingerprint density at radius 3 is 2.54 bits per heavy atom. The first kappa shape index (κ1) is 18.0. The van der Waals surface area contributed by atoms with Gasteiger partial charge in [-0.1, -0.05) is 23.7 Å². The lowest BCUT2D eigenvalue weighted by Gasteiger charge is -2.29. The van der Waals surface area contributed by atoms with E-state index in [0.717, 1.165) is 18.7 Å². The van der Waals surface area contributed by atoms with Crippen molar-refractivity contribution in [3.63, 3.8) is 0 Å². The molecule has 0 bridgehead atoms. The van der Waals surface area contributed by atoms with Crippen molar-refractivity contribution in [2.24, 2.45) is 5.73 Å². The van der Waals surface area contributed by atoms with E-state index in [1.807, 2.05) is 24.3 Å². The number of anilines is 1. The summed E-state index contributed by atoms with van der Waals surface area (Å²) in [4.78, 5) is 14.8. The molecule has 3 N–H and O–H groups in total. The number of amides is 1. The maximum Gasteiger partial charge on any atom is 0.254 e. The van der Waals surface area contributed by atoms with E-state index < -0.39 is 0 Å². The molecule has 0 unspecified atom stereocenters. The van der Waals surface area contributed by atoms with Crippen LogP contribution >= 0.6 is 11.6 Å². The van der Waals surface area contributed by atoms with Gasteiger partial charge < -0.3 is 11.1 Å². The lowest BCUT2D eigenvalue weighted by molar-refractivity contribution is -0.113. The Morgan fingerprint density at radius 2 is 1.88 bits per heavy atom. The van der Waals surface area contributed by atoms with Crippen molar-refractivity contribution in [3.8, 4) is 6.07 Å². The molecule has 2 aromatic carbocycles. The summed E-state index contributed by atoms with van der Waals surface area (Å²) in [7, 11) is 0. The fourth-order valence-electron chi connectivity index (χ4n) is 2.87. The number of benzene rings is 2. The maximum atomic E-state index is 12.6. The number of carbonyl (C=O) groups excluding carboxylic acids is 1. The molecule has 26 heavy (non-hydrogen) atoms. The molecule has 1 heterocycles. The maximum absolute atomic E-state index is 12.6. The van der Waals surface area contributed by atoms with Crippen molar-refractivity contribution in [3.05, 3.63) is 76.0 Å². The number of nitriles is 1. The minimum absolute atomic E-state index is 0.201. The van der Waals surface area contributed by atoms with Crippen molar-refractivity contribution >= 4 is 23.2 Å². The van der Waals surface area contributed by atoms with Gasteiger partial charge in [0.15, 0.2) is 0 Å². The SMILES string of the molecule is N#Cc1ccc(NC(=O)C2=C(N)CCN(Cc3ccc(Cl)cc3)C2)cc1. The molecule has 1 aliphatic heterocycles. The van der Waals surface area contributed by atoms with Crippen molar-refractivity contribution < 1.29 is 4.79 Å². The van der Waals surface area contributed by atoms with Crippen LogP contribution in [0, 0.1) is 11.3 Å². The highest BCUT2D eigenvalue weighted by atomic mass is 35.5. The fraction of sp³-hybridized carbons (Fsp3) is 0.200. The van der Waals surface area contributed by atoms with Crippen LogP contribution in [-0.2, 0) is 11.3 Å². The second kappa shape index (κ2) is 8.05. The van der Waals surface area contributed by atoms with E-state index in [1.165, 1.54) is 0 Å². The van der Waals surface area contributed by atoms with Crippen LogP contribution in [0.15, 0.2) is 59.8 Å². The van der Waals surface area contributed by atoms with Gasteiger partial charge in [0.2, 0.25) is 0 Å². The number of hydrogen-bond donors (Lipinski definition) is 2. The second-order valence-electron chi connectivity index (χ2n) is 6.23. The molecular weight excluding hydrogens is 348 g/mol. The van der Waals surface area contributed by atoms with E-state index in [0.29, 0.717) is 40.5 Å². The van der Waals surface area contributed by atoms with Gasteiger partial charge in [0.1, 0.15) is 0 Å². The molecule has 0 spiro atoms. The third-order valence-corrected chi connectivity index (χ3v) is 4.58. The highest BCUT2D eigenvalue weighted by Gasteiger charge is 2.22. The Morgan fingerprint density at radius 1 is 1.19 bits per heavy atom. The van der Waals surface area contributed by atoms with E-state index in [2.05, 4.69) is 16.3 Å². The first-order valence-corrected chi connectivity index (χ1v) is 8.69. The lowest BCUT2D eigenvalue weighted by atomic mass is 10.0. The Labute approximate surface area is 157 Å². The summed E-state index contributed by atoms with van der Waals surface area (Å²) in [5, 5.41) is 12.4. The van der Waals surface area contributed by atoms with Crippen LogP contribution in [0.1, 0.15) is 17.5 Å². The number of nitrogens with one attached hydrogen (secondary N) is 1. The quantitative estimate of drug-likeness (QED) is 0.870. The summed E-state index contributed by atoms with van der Waals surface area (Å²) < 4.78 is 0. The standard InChI is InChI=1S/C20H19ClN4O/c21-16-5-1-15(2-6-16)12-25-10-9-19(23)18(13-25)20(26)24-17-7-3-14(11-22)4-8-17/h1-8H,9-10,12-13,23H2,(H,24,26). The van der Waals surface area contributed by atoms with Crippen LogP contribution in [0.3, 0.4) is 0 Å². The van der Waals surface area contributed by atoms with E-state index in [4.69, 9.17) is 22.6 Å². The summed E-state index contributed by atoms with van der Waals surface area (Å²) in [6.07, 6.45) is 0.656. The molecule has 0 atom stereocenters. The van der Waals surface area contributed by atoms with Crippen molar-refractivity contribution in [1.82, 2.24) is 4.90 Å². The van der Waals surface area contributed by atoms with Gasteiger partial charge in [-0.05, 0) is 42.0 Å². The Balaban J connectivity index is 1.66. The van der Waals surface area contributed by atoms with Gasteiger partial charge in [-0.3, -0.25) is 9.69 Å². The molecule has 1 amide bonds. The Bertz CT molecular complexity index is 866. The average Bonchev–Trinajstić information content (AvgIpc) is 2.65. The number of nitrogens with two attached hydrogens (primary N) is 1. The first-order chi connectivity index (χ1) is 12.5. The van der Waals surface area contributed by atoms with E-state index in [1.54, 1.807) is 24.3 Å². The van der Waals surface area contributed by atoms with Gasteiger partial charge in [-0.2, -0.15) is 5.26 Å². The van der Waals surface area contributed by atoms with Crippen molar-refractivity contribution in [1.29, 1.82) is 5.26 Å². The molecule has 2 aromatic rings. The lowest BCUT2D eigenvalue weighted by Crippen LogP contribution is -2.37. The zero-order valence-corrected chi connectivity index (χ0v) is 15.0. The molecule has 5 nitrogen and oxygen atoms in total. The van der Waals surface area contributed by atoms with E-state index >= 15 is 0 Å². The number of rotatable bonds is 4. The molecule has 0 saturated carbocycles. The van der Waals surface area contributed by atoms with Gasteiger partial charge in [0.05, 0.1) is 17.2 Å². The van der Waals surface area contributed by atoms with Gasteiger partial charge in [-0.25, -0.2) is 0 Å². The average molecular weight is 367 g/mol. The third-order valence-electron chi connectivity index (χ3n) is 4.33. The Hall–Kier alpha value is -2.81. The zero-order valence-electron chi connectivity index (χ0n) is 14.2. The van der Waals surface area contributed by atoms with Gasteiger partial charge >= 0.3 is 0 Å². The predicted octanol–water partition coefficient (Wildman–Crippen LogP) is 3.27. The topological polar surface area (TPSA) is 82.1 Å². The highest BCUT2D eigenvalue weighted by molar-refractivity contribution is 6.30. The third kappa shape index (κ3) is 4.42. The van der Waals surface area contributed by atoms with Crippen molar-refractivity contribution in [2.75, 3.05) is 18.4 Å². The number of carbonyl (C=O) groups is 1. The fourth-order valence-corrected chi connectivity index (χ4v) is 2.99. The van der Waals surface area contributed by atoms with Gasteiger partial charge in [-0.15, -0.1) is 0 Å². The molecule has 3 rings (SSSR count). The number of halogens is 1. The Kier molecular flexibility index (Phi) is 5.57. The molecule has 0 fully saturated rings. The minimum atomic E-state index is -0.201. The summed E-state index contributed by atoms with van der Waals surface area (Å²) in [6.45, 7) is 2.04. The highest BCUT2D eigenvalue weighted by Crippen LogP contribution is 2.20. The molecule has 0 saturated heterocycles. The van der Waals surface area contributed by atoms with Gasteiger partial charge in [0, 0.05) is 42.5 Å². The molecule has 132 valence electrons. The largest absolute Gasteiger partial charge is 0.402 e. The number of hydrogen-bond acceptors (Lipinski definition) is 4. The van der Waals surface area contributed by atoms with Crippen LogP contribution in [-0.4, -0.2) is 23.9 Å². The molecule has 0 radical (unpaired) electrons. The molecule has 1 aliphatic rings. The summed E-state index contributed by atoms with van der Waals surface area (Å²) in [6, 6.07) is 16.5. The predicted molar refractivity (Wildman–Crippen MR) is 102 cm³/mol. The van der Waals surface area contributed by atoms with E-state index in [9.17, 15) is 4.79 Å². The first-order valence-electron chi connectivity index (χ1n) is 8.31. The van der Waals surface area contributed by atoms with Crippen LogP contribution in [0.4, 0.5) is 5.69 Å². The summed E-state index contributed by atoms with van der Waals surface area (Å²) >= 11 is 5.93. The van der Waals surface area contributed by atoms with Crippen LogP contribution < -0.4 is 11.1 Å². The molecular formula is C20H19ClN4O. The van der Waals surface area contributed by atoms with E-state index in [-0.39, 0.29) is 5.91 Å². The van der Waals surface area contributed by atoms with Crippen LogP contribution in [0.2, 0.25) is 5.02 Å². The van der Waals surface area contributed by atoms with Crippen LogP contribution in [0.25, 0.3) is 0 Å². The monoisotopic (exact) mass is 366 g/mol. The summed E-state index contributed by atoms with van der Waals surface area (Å²) in [5.74, 6) is -0.201. The summed E-state index contributed by atoms with van der Waals surface area (Å²) in [5.41, 5.74) is 9.64. The zero-order chi connectivity index (χ0) is 18.5.